The molecule has 0 aliphatic heterocycles. The lowest BCUT2D eigenvalue weighted by Crippen LogP contribution is -2.14. The van der Waals surface area contributed by atoms with Crippen molar-refractivity contribution in [1.29, 1.82) is 0 Å². The molecule has 1 aromatic carbocycles. The minimum absolute atomic E-state index is 0.0496. The fourth-order valence-electron chi connectivity index (χ4n) is 1.61. The third-order valence-electron chi connectivity index (χ3n) is 2.14. The molecule has 0 nitrogen and oxygen atoms in total. The van der Waals surface area contributed by atoms with Crippen LogP contribution in [-0.4, -0.2) is 5.92 Å². The van der Waals surface area contributed by atoms with Gasteiger partial charge in [-0.15, -0.1) is 0 Å². The fraction of sp³-hybridized carbons (Fsp3) is 0.333. The molecule has 0 bridgehead atoms. The van der Waals surface area contributed by atoms with E-state index in [9.17, 15) is 17.6 Å². The van der Waals surface area contributed by atoms with Gasteiger partial charge in [0.05, 0.1) is 0 Å². The topological polar surface area (TPSA) is 0 Å². The first kappa shape index (κ1) is 8.53. The van der Waals surface area contributed by atoms with E-state index in [0.29, 0.717) is 6.07 Å². The van der Waals surface area contributed by atoms with Gasteiger partial charge in [-0.25, -0.2) is 17.6 Å². The average molecular weight is 190 g/mol. The van der Waals surface area contributed by atoms with Crippen LogP contribution in [0.2, 0.25) is 0 Å². The SMILES string of the molecule is Fc1cc(F)c2c(c1)CC(F)(F)C2. The number of alkyl halides is 2. The average Bonchev–Trinajstić information content (AvgIpc) is 2.23. The van der Waals surface area contributed by atoms with E-state index in [1.165, 1.54) is 0 Å². The van der Waals surface area contributed by atoms with E-state index in [1.54, 1.807) is 0 Å². The Labute approximate surface area is 72.2 Å². The molecule has 1 aliphatic rings. The molecule has 0 heterocycles. The van der Waals surface area contributed by atoms with Gasteiger partial charge in [0.15, 0.2) is 0 Å². The van der Waals surface area contributed by atoms with Gasteiger partial charge in [0, 0.05) is 18.9 Å². The predicted molar refractivity (Wildman–Crippen MR) is 38.7 cm³/mol. The first-order valence-electron chi connectivity index (χ1n) is 3.82. The van der Waals surface area contributed by atoms with E-state index in [1.807, 2.05) is 0 Å². The quantitative estimate of drug-likeness (QED) is 0.552. The molecule has 1 aliphatic carbocycles. The Hall–Kier alpha value is -1.06. The van der Waals surface area contributed by atoms with Crippen LogP contribution in [0.3, 0.4) is 0 Å². The molecule has 0 saturated carbocycles. The molecule has 0 radical (unpaired) electrons. The maximum absolute atomic E-state index is 12.9. The Kier molecular flexibility index (Phi) is 1.62. The van der Waals surface area contributed by atoms with Crippen LogP contribution in [0.5, 0.6) is 0 Å². The fourth-order valence-corrected chi connectivity index (χ4v) is 1.61. The first-order valence-corrected chi connectivity index (χ1v) is 3.82. The molecular weight excluding hydrogens is 184 g/mol. The second-order valence-corrected chi connectivity index (χ2v) is 3.23. The van der Waals surface area contributed by atoms with Crippen LogP contribution in [0, 0.1) is 11.6 Å². The monoisotopic (exact) mass is 190 g/mol. The molecule has 13 heavy (non-hydrogen) atoms. The Morgan fingerprint density at radius 1 is 1.08 bits per heavy atom. The van der Waals surface area contributed by atoms with Gasteiger partial charge in [-0.2, -0.15) is 0 Å². The molecule has 0 atom stereocenters. The summed E-state index contributed by atoms with van der Waals surface area (Å²) in [4.78, 5) is 0. The molecular formula is C9H6F4. The van der Waals surface area contributed by atoms with Crippen molar-refractivity contribution < 1.29 is 17.6 Å². The van der Waals surface area contributed by atoms with Crippen molar-refractivity contribution in [3.8, 4) is 0 Å². The Balaban J connectivity index is 2.52. The molecule has 0 spiro atoms. The van der Waals surface area contributed by atoms with E-state index in [2.05, 4.69) is 0 Å². The minimum atomic E-state index is -2.92. The number of halogens is 4. The number of benzene rings is 1. The molecule has 70 valence electrons. The largest absolute Gasteiger partial charge is 0.256 e. The summed E-state index contributed by atoms with van der Waals surface area (Å²) in [5, 5.41) is 0. The first-order chi connectivity index (χ1) is 5.98. The van der Waals surface area contributed by atoms with Crippen LogP contribution in [-0.2, 0) is 12.8 Å². The summed E-state index contributed by atoms with van der Waals surface area (Å²) in [6.45, 7) is 0. The smallest absolute Gasteiger partial charge is 0.207 e. The predicted octanol–water partition coefficient (Wildman–Crippen LogP) is 2.70. The van der Waals surface area contributed by atoms with E-state index in [4.69, 9.17) is 0 Å². The van der Waals surface area contributed by atoms with E-state index in [-0.39, 0.29) is 11.1 Å². The molecule has 0 aromatic heterocycles. The number of rotatable bonds is 0. The minimum Gasteiger partial charge on any atom is -0.207 e. The highest BCUT2D eigenvalue weighted by Gasteiger charge is 2.39. The van der Waals surface area contributed by atoms with Crippen LogP contribution in [0.25, 0.3) is 0 Å². The number of hydrogen-bond donors (Lipinski definition) is 0. The normalized spacial score (nSPS) is 18.8. The zero-order valence-corrected chi connectivity index (χ0v) is 6.58. The van der Waals surface area contributed by atoms with Crippen molar-refractivity contribution in [3.05, 3.63) is 34.9 Å². The molecule has 0 N–H and O–H groups in total. The summed E-state index contributed by atoms with van der Waals surface area (Å²) in [5.41, 5.74) is 0.0360. The molecule has 0 fully saturated rings. The van der Waals surface area contributed by atoms with E-state index in [0.717, 1.165) is 6.07 Å². The van der Waals surface area contributed by atoms with E-state index < -0.39 is 30.4 Å². The Morgan fingerprint density at radius 3 is 2.46 bits per heavy atom. The maximum atomic E-state index is 12.9. The van der Waals surface area contributed by atoms with Gasteiger partial charge in [-0.1, -0.05) is 0 Å². The van der Waals surface area contributed by atoms with Crippen molar-refractivity contribution in [2.24, 2.45) is 0 Å². The summed E-state index contributed by atoms with van der Waals surface area (Å²) in [6, 6.07) is 1.61. The summed E-state index contributed by atoms with van der Waals surface area (Å²) < 4.78 is 51.0. The maximum Gasteiger partial charge on any atom is 0.256 e. The molecule has 0 unspecified atom stereocenters. The van der Waals surface area contributed by atoms with Crippen LogP contribution in [0.15, 0.2) is 12.1 Å². The highest BCUT2D eigenvalue weighted by molar-refractivity contribution is 5.35. The van der Waals surface area contributed by atoms with Gasteiger partial charge in [0.25, 0.3) is 5.92 Å². The summed E-state index contributed by atoms with van der Waals surface area (Å²) in [5.74, 6) is -4.59. The summed E-state index contributed by atoms with van der Waals surface area (Å²) in [7, 11) is 0. The third-order valence-corrected chi connectivity index (χ3v) is 2.14. The van der Waals surface area contributed by atoms with Crippen LogP contribution >= 0.6 is 0 Å². The second-order valence-electron chi connectivity index (χ2n) is 3.23. The van der Waals surface area contributed by atoms with Gasteiger partial charge in [-0.3, -0.25) is 0 Å². The summed E-state index contributed by atoms with van der Waals surface area (Å²) in [6.07, 6.45) is -1.18. The van der Waals surface area contributed by atoms with Crippen molar-refractivity contribution in [2.75, 3.05) is 0 Å². The third kappa shape index (κ3) is 1.41. The lowest BCUT2D eigenvalue weighted by atomic mass is 10.1. The van der Waals surface area contributed by atoms with Crippen LogP contribution < -0.4 is 0 Å². The van der Waals surface area contributed by atoms with Gasteiger partial charge < -0.3 is 0 Å². The number of fused-ring (bicyclic) bond motifs is 1. The molecule has 4 heteroatoms. The zero-order valence-electron chi connectivity index (χ0n) is 6.58. The van der Waals surface area contributed by atoms with Gasteiger partial charge in [-0.05, 0) is 17.2 Å². The van der Waals surface area contributed by atoms with Gasteiger partial charge in [0.2, 0.25) is 0 Å². The second kappa shape index (κ2) is 2.47. The van der Waals surface area contributed by atoms with E-state index >= 15 is 0 Å². The zero-order chi connectivity index (χ0) is 9.64. The highest BCUT2D eigenvalue weighted by atomic mass is 19.3. The van der Waals surface area contributed by atoms with Gasteiger partial charge in [0.1, 0.15) is 11.6 Å². The lowest BCUT2D eigenvalue weighted by molar-refractivity contribution is 0.0126. The molecule has 1 aromatic rings. The highest BCUT2D eigenvalue weighted by Crippen LogP contribution is 2.35. The van der Waals surface area contributed by atoms with Crippen molar-refractivity contribution in [1.82, 2.24) is 0 Å². The standard InChI is InChI=1S/C9H6F4/c10-6-1-5-3-9(12,13)4-7(5)8(11)2-6/h1-2H,3-4H2. The van der Waals surface area contributed by atoms with Crippen LogP contribution in [0.1, 0.15) is 11.1 Å². The van der Waals surface area contributed by atoms with Crippen LogP contribution in [0.4, 0.5) is 17.6 Å². The van der Waals surface area contributed by atoms with Crippen molar-refractivity contribution in [3.63, 3.8) is 0 Å². The molecule has 0 amide bonds. The van der Waals surface area contributed by atoms with Gasteiger partial charge >= 0.3 is 0 Å². The Morgan fingerprint density at radius 2 is 1.77 bits per heavy atom. The summed E-state index contributed by atoms with van der Waals surface area (Å²) >= 11 is 0. The Bertz CT molecular complexity index is 357. The molecule has 2 rings (SSSR count). The van der Waals surface area contributed by atoms with Crippen molar-refractivity contribution >= 4 is 0 Å². The number of hydrogen-bond acceptors (Lipinski definition) is 0. The lowest BCUT2D eigenvalue weighted by Gasteiger charge is -2.04. The van der Waals surface area contributed by atoms with Crippen molar-refractivity contribution in [2.45, 2.75) is 18.8 Å². The molecule has 0 saturated heterocycles.